The van der Waals surface area contributed by atoms with Crippen LogP contribution in [0.2, 0.25) is 0 Å². The minimum atomic E-state index is -0.914. The molecule has 6 N–H and O–H groups in total. The first-order valence-corrected chi connectivity index (χ1v) is 14.7. The monoisotopic (exact) mass is 673 g/mol. The van der Waals surface area contributed by atoms with Crippen molar-refractivity contribution in [3.8, 4) is 0 Å². The summed E-state index contributed by atoms with van der Waals surface area (Å²) in [6.45, 7) is 11.1. The summed E-state index contributed by atoms with van der Waals surface area (Å²) in [7, 11) is 0. The smallest absolute Gasteiger partial charge is 0.303 e. The third-order valence-corrected chi connectivity index (χ3v) is 8.65. The van der Waals surface area contributed by atoms with E-state index in [2.05, 4.69) is 9.97 Å². The molecule has 0 amide bonds. The van der Waals surface area contributed by atoms with Crippen molar-refractivity contribution in [2.24, 2.45) is 0 Å². The van der Waals surface area contributed by atoms with E-state index in [1.54, 1.807) is 13.8 Å². The third-order valence-electron chi connectivity index (χ3n) is 8.65. The molecule has 10 nitrogen and oxygen atoms in total. The number of carboxylic acids is 2. The number of aryl methyl sites for hydroxylation is 3. The Kier molecular flexibility index (Phi) is 9.92. The first-order chi connectivity index (χ1) is 20.8. The Morgan fingerprint density at radius 1 is 0.689 bits per heavy atom. The minimum absolute atomic E-state index is 0. The van der Waals surface area contributed by atoms with E-state index in [0.717, 1.165) is 50.0 Å². The number of aromatic nitrogens is 4. The second kappa shape index (κ2) is 13.2. The zero-order valence-corrected chi connectivity index (χ0v) is 28.1. The standard InChI is InChI=1S/C34H38N4O6.As/c1-15-21(7-9-31(41)42)27-14-28-22(8-10-32(43)44)16(2)24(36-28)12-29-34(20(6)40)18(4)26(38-29)13-30-33(19(5)39)17(3)25(37-30)11-23(15)35-27;/h11-14,19-20,36-37,39-40H,7-10H2,1-6H3,(H,41,42)(H,43,44);. The number of H-pyrrole nitrogens is 2. The van der Waals surface area contributed by atoms with E-state index >= 15 is 0 Å². The van der Waals surface area contributed by atoms with Gasteiger partial charge >= 0.3 is 11.9 Å². The number of carboxylic acid groups (broad SMARTS) is 2. The van der Waals surface area contributed by atoms with Crippen LogP contribution < -0.4 is 0 Å². The van der Waals surface area contributed by atoms with Crippen LogP contribution in [0.4, 0.5) is 0 Å². The fourth-order valence-corrected chi connectivity index (χ4v) is 6.31. The van der Waals surface area contributed by atoms with Gasteiger partial charge in [0.05, 0.1) is 35.0 Å². The molecule has 5 rings (SSSR count). The van der Waals surface area contributed by atoms with Gasteiger partial charge in [-0.3, -0.25) is 9.59 Å². The SMILES string of the molecule is CC1=C(CCC(=O)O)c2cc3[nH]c(cc4nc(cc5[nH]c(cc1n2)c(C)c5C(C)O)C(C)=C4C(C)O)c(C)c3CCC(=O)O.[As]. The molecule has 2 unspecified atom stereocenters. The number of aromatic amines is 2. The van der Waals surface area contributed by atoms with Crippen LogP contribution >= 0.6 is 0 Å². The summed E-state index contributed by atoms with van der Waals surface area (Å²) in [6.07, 6.45) is -1.16. The zero-order valence-electron chi connectivity index (χ0n) is 26.2. The second-order valence-electron chi connectivity index (χ2n) is 11.7. The van der Waals surface area contributed by atoms with Gasteiger partial charge in [0.25, 0.3) is 0 Å². The third kappa shape index (κ3) is 6.54. The van der Waals surface area contributed by atoms with Gasteiger partial charge in [0.1, 0.15) is 0 Å². The fraction of sp³-hybridized carbons (Fsp3) is 0.353. The van der Waals surface area contributed by atoms with Gasteiger partial charge in [0, 0.05) is 64.0 Å². The molecule has 3 aromatic heterocycles. The van der Waals surface area contributed by atoms with Crippen molar-refractivity contribution >= 4 is 74.3 Å². The van der Waals surface area contributed by atoms with Crippen molar-refractivity contribution in [2.45, 2.75) is 79.4 Å². The Hall–Kier alpha value is -3.98. The van der Waals surface area contributed by atoms with Crippen LogP contribution in [0.5, 0.6) is 0 Å². The predicted molar refractivity (Wildman–Crippen MR) is 176 cm³/mol. The number of nitrogens with one attached hydrogen (secondary N) is 2. The van der Waals surface area contributed by atoms with Crippen molar-refractivity contribution in [1.82, 2.24) is 19.9 Å². The van der Waals surface area contributed by atoms with Crippen molar-refractivity contribution in [2.75, 3.05) is 0 Å². The van der Waals surface area contributed by atoms with E-state index in [9.17, 15) is 30.0 Å². The van der Waals surface area contributed by atoms with Crippen molar-refractivity contribution in [1.29, 1.82) is 0 Å². The Bertz CT molecular complexity index is 1930. The molecule has 8 bridgehead atoms. The summed E-state index contributed by atoms with van der Waals surface area (Å²) >= 11 is 0. The van der Waals surface area contributed by atoms with Gasteiger partial charge in [-0.15, -0.1) is 0 Å². The van der Waals surface area contributed by atoms with E-state index in [4.69, 9.17) is 9.97 Å². The van der Waals surface area contributed by atoms with Gasteiger partial charge in [-0.1, -0.05) is 0 Å². The Balaban J connectivity index is 0.00000461. The molecule has 0 spiro atoms. The van der Waals surface area contributed by atoms with Gasteiger partial charge in [-0.05, 0) is 112 Å². The molecule has 3 aromatic rings. The van der Waals surface area contributed by atoms with E-state index in [-0.39, 0.29) is 43.6 Å². The molecular weight excluding hydrogens is 635 g/mol. The molecule has 2 aliphatic heterocycles. The number of nitrogens with zero attached hydrogens (tertiary/aromatic N) is 2. The molecular formula is C34H38AsN4O6. The molecule has 235 valence electrons. The molecule has 2 atom stereocenters. The first-order valence-electron chi connectivity index (χ1n) is 14.7. The molecule has 0 saturated carbocycles. The van der Waals surface area contributed by atoms with Crippen LogP contribution in [0.15, 0.2) is 24.3 Å². The molecule has 0 fully saturated rings. The number of aliphatic hydroxyl groups is 2. The van der Waals surface area contributed by atoms with Crippen LogP contribution in [0.25, 0.3) is 44.4 Å². The molecule has 3 radical (unpaired) electrons. The molecule has 0 saturated heterocycles. The van der Waals surface area contributed by atoms with Crippen LogP contribution in [0.3, 0.4) is 0 Å². The van der Waals surface area contributed by atoms with Crippen LogP contribution in [-0.4, -0.2) is 76.4 Å². The number of hydrogen-bond donors (Lipinski definition) is 6. The normalized spacial score (nSPS) is 14.4. The quantitative estimate of drug-likeness (QED) is 0.165. The Morgan fingerprint density at radius 2 is 1.20 bits per heavy atom. The maximum absolute atomic E-state index is 11.6. The number of allylic oxidation sites excluding steroid dienone is 3. The van der Waals surface area contributed by atoms with E-state index in [0.29, 0.717) is 39.4 Å². The average molecular weight is 674 g/mol. The number of aliphatic hydroxyl groups excluding tert-OH is 2. The fourth-order valence-electron chi connectivity index (χ4n) is 6.31. The molecule has 45 heavy (non-hydrogen) atoms. The van der Waals surface area contributed by atoms with Crippen molar-refractivity contribution in [3.05, 3.63) is 69.3 Å². The van der Waals surface area contributed by atoms with E-state index in [1.165, 1.54) is 0 Å². The Labute approximate surface area is 272 Å². The molecule has 0 aromatic carbocycles. The maximum atomic E-state index is 11.6. The average Bonchev–Trinajstić information content (AvgIpc) is 3.59. The minimum Gasteiger partial charge on any atom is -0.481 e. The van der Waals surface area contributed by atoms with Crippen LogP contribution in [0.1, 0.15) is 98.1 Å². The number of fused-ring (bicyclic) bond motifs is 8. The van der Waals surface area contributed by atoms with E-state index in [1.807, 2.05) is 52.0 Å². The number of hydrogen-bond acceptors (Lipinski definition) is 6. The zero-order chi connectivity index (χ0) is 32.0. The molecule has 0 aliphatic carbocycles. The van der Waals surface area contributed by atoms with Gasteiger partial charge in [0.15, 0.2) is 0 Å². The van der Waals surface area contributed by atoms with Crippen molar-refractivity contribution in [3.63, 3.8) is 0 Å². The largest absolute Gasteiger partial charge is 0.481 e. The summed E-state index contributed by atoms with van der Waals surface area (Å²) in [5.74, 6) is -1.83. The van der Waals surface area contributed by atoms with E-state index < -0.39 is 24.1 Å². The van der Waals surface area contributed by atoms with Gasteiger partial charge in [-0.2, -0.15) is 0 Å². The van der Waals surface area contributed by atoms with Gasteiger partial charge < -0.3 is 30.4 Å². The van der Waals surface area contributed by atoms with Gasteiger partial charge in [0.2, 0.25) is 0 Å². The topological polar surface area (TPSA) is 172 Å². The number of aliphatic carboxylic acids is 2. The molecule has 11 heteroatoms. The summed E-state index contributed by atoms with van der Waals surface area (Å²) in [5, 5.41) is 40.5. The summed E-state index contributed by atoms with van der Waals surface area (Å²) < 4.78 is 0. The summed E-state index contributed by atoms with van der Waals surface area (Å²) in [6, 6.07) is 7.51. The number of rotatable bonds is 8. The predicted octanol–water partition coefficient (Wildman–Crippen LogP) is 5.73. The Morgan fingerprint density at radius 3 is 1.82 bits per heavy atom. The number of carbonyl (C=O) groups is 2. The van der Waals surface area contributed by atoms with Crippen LogP contribution in [0, 0.1) is 13.8 Å². The van der Waals surface area contributed by atoms with Crippen LogP contribution in [-0.2, 0) is 16.0 Å². The van der Waals surface area contributed by atoms with Crippen molar-refractivity contribution < 1.29 is 30.0 Å². The first kappa shape index (κ1) is 33.9. The molecule has 5 heterocycles. The molecule has 2 aliphatic rings. The summed E-state index contributed by atoms with van der Waals surface area (Å²) in [4.78, 5) is 39.8. The van der Waals surface area contributed by atoms with Gasteiger partial charge in [-0.25, -0.2) is 9.97 Å². The second-order valence-corrected chi connectivity index (χ2v) is 11.7. The maximum Gasteiger partial charge on any atom is 0.303 e. The summed E-state index contributed by atoms with van der Waals surface area (Å²) in [5.41, 5.74) is 11.7.